The van der Waals surface area contributed by atoms with Crippen LogP contribution in [0.2, 0.25) is 0 Å². The van der Waals surface area contributed by atoms with Crippen molar-refractivity contribution in [2.45, 2.75) is 39.0 Å². The molecule has 3 aliphatic rings. The van der Waals surface area contributed by atoms with E-state index in [0.29, 0.717) is 24.5 Å². The van der Waals surface area contributed by atoms with Crippen LogP contribution in [-0.4, -0.2) is 35.9 Å². The van der Waals surface area contributed by atoms with Gasteiger partial charge in [0, 0.05) is 19.0 Å². The van der Waals surface area contributed by atoms with Gasteiger partial charge in [0.2, 0.25) is 5.89 Å². The summed E-state index contributed by atoms with van der Waals surface area (Å²) in [4.78, 5) is 14.5. The summed E-state index contributed by atoms with van der Waals surface area (Å²) in [7, 11) is 0. The van der Waals surface area contributed by atoms with E-state index in [-0.39, 0.29) is 23.7 Å². The SMILES string of the molecule is CCOC(=O)[C@H]1[C@@H]2CN(c3nnc(C4CCC4)o3)C[C@@H]2C=C[C@@H]1C. The van der Waals surface area contributed by atoms with Crippen LogP contribution >= 0.6 is 0 Å². The molecule has 0 spiro atoms. The summed E-state index contributed by atoms with van der Waals surface area (Å²) in [5, 5.41) is 8.48. The smallest absolute Gasteiger partial charge is 0.318 e. The molecule has 6 heteroatoms. The second kappa shape index (κ2) is 6.22. The quantitative estimate of drug-likeness (QED) is 0.624. The average Bonchev–Trinajstić information content (AvgIpc) is 3.12. The fraction of sp³-hybridized carbons (Fsp3) is 0.722. The lowest BCUT2D eigenvalue weighted by atomic mass is 9.72. The van der Waals surface area contributed by atoms with Gasteiger partial charge in [-0.25, -0.2) is 0 Å². The van der Waals surface area contributed by atoms with Crippen LogP contribution in [0.25, 0.3) is 0 Å². The third-order valence-corrected chi connectivity index (χ3v) is 5.82. The van der Waals surface area contributed by atoms with E-state index in [0.717, 1.165) is 31.8 Å². The van der Waals surface area contributed by atoms with Gasteiger partial charge in [0.1, 0.15) is 0 Å². The number of ether oxygens (including phenoxy) is 1. The van der Waals surface area contributed by atoms with Crippen LogP contribution in [0, 0.1) is 23.7 Å². The number of carbonyl (C=O) groups is 1. The van der Waals surface area contributed by atoms with Crippen molar-refractivity contribution >= 4 is 12.0 Å². The van der Waals surface area contributed by atoms with Crippen LogP contribution in [0.1, 0.15) is 44.9 Å². The highest BCUT2D eigenvalue weighted by Gasteiger charge is 2.46. The van der Waals surface area contributed by atoms with Gasteiger partial charge < -0.3 is 14.1 Å². The number of hydrogen-bond donors (Lipinski definition) is 0. The fourth-order valence-corrected chi connectivity index (χ4v) is 4.22. The third kappa shape index (κ3) is 2.62. The van der Waals surface area contributed by atoms with E-state index in [4.69, 9.17) is 9.15 Å². The molecule has 1 saturated heterocycles. The number of rotatable bonds is 4. The predicted octanol–water partition coefficient (Wildman–Crippen LogP) is 2.77. The van der Waals surface area contributed by atoms with Gasteiger partial charge in [-0.3, -0.25) is 4.79 Å². The molecule has 4 atom stereocenters. The Balaban J connectivity index is 1.50. The van der Waals surface area contributed by atoms with Gasteiger partial charge in [0.15, 0.2) is 0 Å². The molecule has 0 amide bonds. The van der Waals surface area contributed by atoms with Crippen LogP contribution in [0.4, 0.5) is 6.01 Å². The maximum Gasteiger partial charge on any atom is 0.318 e. The molecule has 1 saturated carbocycles. The molecule has 0 aromatic carbocycles. The highest BCUT2D eigenvalue weighted by molar-refractivity contribution is 5.74. The van der Waals surface area contributed by atoms with Crippen molar-refractivity contribution in [2.24, 2.45) is 23.7 Å². The molecule has 1 aromatic heterocycles. The van der Waals surface area contributed by atoms with Crippen LogP contribution in [0.5, 0.6) is 0 Å². The number of hydrogen-bond acceptors (Lipinski definition) is 6. The maximum atomic E-state index is 12.4. The first-order valence-electron chi connectivity index (χ1n) is 9.10. The minimum absolute atomic E-state index is 0.0770. The summed E-state index contributed by atoms with van der Waals surface area (Å²) >= 11 is 0. The Morgan fingerprint density at radius 3 is 2.88 bits per heavy atom. The van der Waals surface area contributed by atoms with Gasteiger partial charge in [0.05, 0.1) is 12.5 Å². The standard InChI is InChI=1S/C18H25N3O3/c1-3-23-17(22)15-11(2)7-8-13-9-21(10-14(13)15)18-20-19-16(24-18)12-5-4-6-12/h7-8,11-15H,3-6,9-10H2,1-2H3/t11-,13-,14+,15+/m0/s1. The van der Waals surface area contributed by atoms with E-state index < -0.39 is 0 Å². The average molecular weight is 331 g/mol. The Morgan fingerprint density at radius 1 is 1.33 bits per heavy atom. The number of aromatic nitrogens is 2. The Kier molecular flexibility index (Phi) is 4.06. The van der Waals surface area contributed by atoms with Gasteiger partial charge in [-0.05, 0) is 37.5 Å². The lowest BCUT2D eigenvalue weighted by Crippen LogP contribution is -2.37. The fourth-order valence-electron chi connectivity index (χ4n) is 4.22. The van der Waals surface area contributed by atoms with Crippen molar-refractivity contribution in [1.82, 2.24) is 10.2 Å². The van der Waals surface area contributed by atoms with Gasteiger partial charge in [-0.2, -0.15) is 0 Å². The van der Waals surface area contributed by atoms with Crippen molar-refractivity contribution in [3.8, 4) is 0 Å². The molecule has 24 heavy (non-hydrogen) atoms. The summed E-state index contributed by atoms with van der Waals surface area (Å²) in [6.45, 7) is 5.99. The molecule has 130 valence electrons. The molecule has 2 fully saturated rings. The highest BCUT2D eigenvalue weighted by Crippen LogP contribution is 2.42. The molecule has 0 N–H and O–H groups in total. The Hall–Kier alpha value is -1.85. The monoisotopic (exact) mass is 331 g/mol. The zero-order chi connectivity index (χ0) is 16.7. The number of fused-ring (bicyclic) bond motifs is 1. The minimum Gasteiger partial charge on any atom is -0.466 e. The van der Waals surface area contributed by atoms with Crippen LogP contribution in [0.15, 0.2) is 16.6 Å². The summed E-state index contributed by atoms with van der Waals surface area (Å²) < 4.78 is 11.2. The van der Waals surface area contributed by atoms with Crippen molar-refractivity contribution in [1.29, 1.82) is 0 Å². The largest absolute Gasteiger partial charge is 0.466 e. The van der Waals surface area contributed by atoms with Crippen molar-refractivity contribution in [3.63, 3.8) is 0 Å². The number of esters is 1. The first kappa shape index (κ1) is 15.7. The molecule has 0 radical (unpaired) electrons. The first-order chi connectivity index (χ1) is 11.7. The van der Waals surface area contributed by atoms with E-state index in [2.05, 4.69) is 34.2 Å². The molecule has 2 heterocycles. The van der Waals surface area contributed by atoms with Crippen molar-refractivity contribution in [3.05, 3.63) is 18.0 Å². The van der Waals surface area contributed by atoms with E-state index in [1.54, 1.807) is 0 Å². The van der Waals surface area contributed by atoms with Gasteiger partial charge in [-0.1, -0.05) is 30.6 Å². The van der Waals surface area contributed by atoms with E-state index >= 15 is 0 Å². The summed E-state index contributed by atoms with van der Waals surface area (Å²) in [6, 6.07) is 0.606. The van der Waals surface area contributed by atoms with E-state index in [1.807, 2.05) is 6.92 Å². The number of carbonyl (C=O) groups excluding carboxylic acids is 1. The van der Waals surface area contributed by atoms with E-state index in [1.165, 1.54) is 6.42 Å². The Bertz CT molecular complexity index is 637. The zero-order valence-electron chi connectivity index (χ0n) is 14.4. The molecule has 0 bridgehead atoms. The lowest BCUT2D eigenvalue weighted by molar-refractivity contribution is -0.151. The second-order valence-electron chi connectivity index (χ2n) is 7.31. The number of nitrogens with zero attached hydrogens (tertiary/aromatic N) is 3. The molecule has 2 aliphatic carbocycles. The minimum atomic E-state index is -0.0843. The maximum absolute atomic E-state index is 12.4. The summed E-state index contributed by atoms with van der Waals surface area (Å²) in [5.74, 6) is 1.86. The zero-order valence-corrected chi connectivity index (χ0v) is 14.4. The molecule has 0 unspecified atom stereocenters. The molecule has 4 rings (SSSR count). The van der Waals surface area contributed by atoms with Crippen molar-refractivity contribution in [2.75, 3.05) is 24.6 Å². The van der Waals surface area contributed by atoms with E-state index in [9.17, 15) is 4.79 Å². The van der Waals surface area contributed by atoms with Gasteiger partial charge in [-0.15, -0.1) is 5.10 Å². The molecule has 1 aliphatic heterocycles. The van der Waals surface area contributed by atoms with Gasteiger partial charge in [0.25, 0.3) is 0 Å². The third-order valence-electron chi connectivity index (χ3n) is 5.82. The van der Waals surface area contributed by atoms with Crippen LogP contribution < -0.4 is 4.90 Å². The van der Waals surface area contributed by atoms with Crippen molar-refractivity contribution < 1.29 is 13.9 Å². The lowest BCUT2D eigenvalue weighted by Gasteiger charge is -2.31. The summed E-state index contributed by atoms with van der Waals surface area (Å²) in [6.07, 6.45) is 7.95. The van der Waals surface area contributed by atoms with Crippen LogP contribution in [-0.2, 0) is 9.53 Å². The number of anilines is 1. The van der Waals surface area contributed by atoms with Crippen LogP contribution in [0.3, 0.4) is 0 Å². The van der Waals surface area contributed by atoms with Gasteiger partial charge >= 0.3 is 12.0 Å². The highest BCUT2D eigenvalue weighted by atomic mass is 16.5. The molecule has 1 aromatic rings. The summed E-state index contributed by atoms with van der Waals surface area (Å²) in [5.41, 5.74) is 0. The second-order valence-corrected chi connectivity index (χ2v) is 7.31. The first-order valence-corrected chi connectivity index (χ1v) is 9.10. The normalized spacial score (nSPS) is 32.5. The Labute approximate surface area is 142 Å². The molecule has 6 nitrogen and oxygen atoms in total. The molecular weight excluding hydrogens is 306 g/mol. The topological polar surface area (TPSA) is 68.5 Å². The number of allylic oxidation sites excluding steroid dienone is 1. The predicted molar refractivity (Wildman–Crippen MR) is 88.5 cm³/mol. The molecular formula is C18H25N3O3. The Morgan fingerprint density at radius 2 is 2.17 bits per heavy atom.